The molecule has 1 fully saturated rings. The zero-order chi connectivity index (χ0) is 16.0. The van der Waals surface area contributed by atoms with Gasteiger partial charge in [0.25, 0.3) is 0 Å². The molecule has 1 aliphatic heterocycles. The SMILES string of the molecule is C=CC[C@]1(CO)CCCN(C(=O)CCc2ccc(O)cc2)C1. The van der Waals surface area contributed by atoms with E-state index >= 15 is 0 Å². The van der Waals surface area contributed by atoms with Gasteiger partial charge < -0.3 is 15.1 Å². The Kier molecular flexibility index (Phi) is 5.61. The summed E-state index contributed by atoms with van der Waals surface area (Å²) in [5.74, 6) is 0.373. The van der Waals surface area contributed by atoms with Crippen LogP contribution in [-0.4, -0.2) is 40.7 Å². The number of allylic oxidation sites excluding steroid dienone is 1. The average Bonchev–Trinajstić information content (AvgIpc) is 2.54. The molecule has 1 saturated heterocycles. The number of aliphatic hydroxyl groups excluding tert-OH is 1. The maximum Gasteiger partial charge on any atom is 0.222 e. The van der Waals surface area contributed by atoms with Crippen molar-refractivity contribution in [1.82, 2.24) is 4.90 Å². The van der Waals surface area contributed by atoms with E-state index < -0.39 is 0 Å². The van der Waals surface area contributed by atoms with Crippen molar-refractivity contribution in [3.05, 3.63) is 42.5 Å². The topological polar surface area (TPSA) is 60.8 Å². The van der Waals surface area contributed by atoms with Gasteiger partial charge in [-0.15, -0.1) is 6.58 Å². The maximum absolute atomic E-state index is 12.4. The molecule has 1 atom stereocenters. The number of hydrogen-bond donors (Lipinski definition) is 2. The first-order chi connectivity index (χ1) is 10.6. The third kappa shape index (κ3) is 4.10. The second kappa shape index (κ2) is 7.45. The molecule has 2 N–H and O–H groups in total. The average molecular weight is 303 g/mol. The Balaban J connectivity index is 1.91. The number of likely N-dealkylation sites (tertiary alicyclic amines) is 1. The van der Waals surface area contributed by atoms with Crippen LogP contribution in [0.1, 0.15) is 31.2 Å². The smallest absolute Gasteiger partial charge is 0.222 e. The van der Waals surface area contributed by atoms with Crippen molar-refractivity contribution in [3.63, 3.8) is 0 Å². The minimum absolute atomic E-state index is 0.0980. The van der Waals surface area contributed by atoms with Gasteiger partial charge in [-0.2, -0.15) is 0 Å². The number of benzene rings is 1. The molecule has 120 valence electrons. The number of hydrogen-bond acceptors (Lipinski definition) is 3. The summed E-state index contributed by atoms with van der Waals surface area (Å²) >= 11 is 0. The number of phenols is 1. The van der Waals surface area contributed by atoms with Crippen LogP contribution < -0.4 is 0 Å². The lowest BCUT2D eigenvalue weighted by molar-refractivity contribution is -0.135. The van der Waals surface area contributed by atoms with Crippen LogP contribution in [0, 0.1) is 5.41 Å². The van der Waals surface area contributed by atoms with Crippen molar-refractivity contribution in [1.29, 1.82) is 0 Å². The van der Waals surface area contributed by atoms with Gasteiger partial charge in [0.15, 0.2) is 0 Å². The summed E-state index contributed by atoms with van der Waals surface area (Å²) in [5, 5.41) is 19.0. The third-order valence-electron chi connectivity index (χ3n) is 4.49. The molecule has 4 heteroatoms. The normalized spacial score (nSPS) is 21.6. The van der Waals surface area contributed by atoms with E-state index in [0.29, 0.717) is 19.4 Å². The van der Waals surface area contributed by atoms with Crippen LogP contribution in [0.2, 0.25) is 0 Å². The highest BCUT2D eigenvalue weighted by Crippen LogP contribution is 2.33. The third-order valence-corrected chi connectivity index (χ3v) is 4.49. The largest absolute Gasteiger partial charge is 0.508 e. The van der Waals surface area contributed by atoms with Crippen LogP contribution in [0.25, 0.3) is 0 Å². The Morgan fingerprint density at radius 2 is 2.09 bits per heavy atom. The van der Waals surface area contributed by atoms with Crippen LogP contribution in [0.4, 0.5) is 0 Å². The summed E-state index contributed by atoms with van der Waals surface area (Å²) < 4.78 is 0. The highest BCUT2D eigenvalue weighted by atomic mass is 16.3. The lowest BCUT2D eigenvalue weighted by Gasteiger charge is -2.41. The number of aromatic hydroxyl groups is 1. The van der Waals surface area contributed by atoms with Gasteiger partial charge in [-0.3, -0.25) is 4.79 Å². The number of piperidine rings is 1. The Bertz CT molecular complexity index is 512. The molecule has 0 radical (unpaired) electrons. The minimum Gasteiger partial charge on any atom is -0.508 e. The molecule has 1 amide bonds. The summed E-state index contributed by atoms with van der Waals surface area (Å²) in [6.45, 7) is 5.25. The van der Waals surface area contributed by atoms with Crippen molar-refractivity contribution in [2.45, 2.75) is 32.1 Å². The fourth-order valence-corrected chi connectivity index (χ4v) is 3.16. The minimum atomic E-state index is -0.214. The zero-order valence-electron chi connectivity index (χ0n) is 13.0. The molecule has 1 aromatic rings. The summed E-state index contributed by atoms with van der Waals surface area (Å²) in [7, 11) is 0. The maximum atomic E-state index is 12.4. The molecular weight excluding hydrogens is 278 g/mol. The second-order valence-corrected chi connectivity index (χ2v) is 6.24. The molecule has 0 aliphatic carbocycles. The van der Waals surface area contributed by atoms with Crippen molar-refractivity contribution in [2.75, 3.05) is 19.7 Å². The molecule has 0 aromatic heterocycles. The fraction of sp³-hybridized carbons (Fsp3) is 0.500. The van der Waals surface area contributed by atoms with Crippen molar-refractivity contribution in [3.8, 4) is 5.75 Å². The number of carbonyl (C=O) groups is 1. The van der Waals surface area contributed by atoms with Crippen LogP contribution in [0.15, 0.2) is 36.9 Å². The monoisotopic (exact) mass is 303 g/mol. The van der Waals surface area contributed by atoms with E-state index in [0.717, 1.165) is 31.4 Å². The quantitative estimate of drug-likeness (QED) is 0.794. The van der Waals surface area contributed by atoms with Gasteiger partial charge in [-0.05, 0) is 43.4 Å². The Morgan fingerprint density at radius 1 is 1.36 bits per heavy atom. The zero-order valence-corrected chi connectivity index (χ0v) is 13.0. The highest BCUT2D eigenvalue weighted by Gasteiger charge is 2.35. The van der Waals surface area contributed by atoms with Crippen LogP contribution in [0.5, 0.6) is 5.75 Å². The number of aryl methyl sites for hydroxylation is 1. The highest BCUT2D eigenvalue weighted by molar-refractivity contribution is 5.76. The standard InChI is InChI=1S/C18H25NO3/c1-2-10-18(14-20)11-3-12-19(13-18)17(22)9-6-15-4-7-16(21)8-5-15/h2,4-5,7-8,20-21H,1,3,6,9-14H2/t18-/m0/s1. The first kappa shape index (κ1) is 16.6. The fourth-order valence-electron chi connectivity index (χ4n) is 3.16. The molecule has 0 bridgehead atoms. The number of rotatable bonds is 6. The van der Waals surface area contributed by atoms with Gasteiger partial charge in [0.2, 0.25) is 5.91 Å². The summed E-state index contributed by atoms with van der Waals surface area (Å²) in [6.07, 6.45) is 5.58. The van der Waals surface area contributed by atoms with E-state index in [2.05, 4.69) is 6.58 Å². The van der Waals surface area contributed by atoms with E-state index in [4.69, 9.17) is 0 Å². The molecule has 4 nitrogen and oxygen atoms in total. The lowest BCUT2D eigenvalue weighted by Crippen LogP contribution is -2.47. The van der Waals surface area contributed by atoms with Crippen molar-refractivity contribution in [2.24, 2.45) is 5.41 Å². The van der Waals surface area contributed by atoms with Gasteiger partial charge >= 0.3 is 0 Å². The molecule has 0 unspecified atom stereocenters. The molecule has 0 spiro atoms. The number of nitrogens with zero attached hydrogens (tertiary/aromatic N) is 1. The Labute approximate surface area is 132 Å². The predicted octanol–water partition coefficient (Wildman–Crippen LogP) is 2.50. The predicted molar refractivity (Wildman–Crippen MR) is 86.6 cm³/mol. The van der Waals surface area contributed by atoms with Crippen LogP contribution in [-0.2, 0) is 11.2 Å². The molecular formula is C18H25NO3. The molecule has 2 rings (SSSR count). The van der Waals surface area contributed by atoms with Crippen molar-refractivity contribution >= 4 is 5.91 Å². The number of amides is 1. The van der Waals surface area contributed by atoms with E-state index in [1.165, 1.54) is 0 Å². The molecule has 1 aromatic carbocycles. The Morgan fingerprint density at radius 3 is 2.73 bits per heavy atom. The number of carbonyl (C=O) groups excluding carboxylic acids is 1. The summed E-state index contributed by atoms with van der Waals surface area (Å²) in [4.78, 5) is 14.3. The Hall–Kier alpha value is -1.81. The van der Waals surface area contributed by atoms with Gasteiger partial charge in [-0.1, -0.05) is 18.2 Å². The van der Waals surface area contributed by atoms with Crippen LogP contribution in [0.3, 0.4) is 0 Å². The summed E-state index contributed by atoms with van der Waals surface area (Å²) in [6, 6.07) is 6.96. The number of aliphatic hydroxyl groups is 1. The van der Waals surface area contributed by atoms with Crippen molar-refractivity contribution < 1.29 is 15.0 Å². The molecule has 1 heterocycles. The van der Waals surface area contributed by atoms with Gasteiger partial charge in [-0.25, -0.2) is 0 Å². The van der Waals surface area contributed by atoms with Gasteiger partial charge in [0, 0.05) is 24.9 Å². The second-order valence-electron chi connectivity index (χ2n) is 6.24. The van der Waals surface area contributed by atoms with E-state index in [-0.39, 0.29) is 23.7 Å². The van der Waals surface area contributed by atoms with E-state index in [1.807, 2.05) is 23.1 Å². The van der Waals surface area contributed by atoms with E-state index in [1.54, 1.807) is 12.1 Å². The molecule has 1 aliphatic rings. The first-order valence-electron chi connectivity index (χ1n) is 7.86. The van der Waals surface area contributed by atoms with E-state index in [9.17, 15) is 15.0 Å². The molecule has 0 saturated carbocycles. The van der Waals surface area contributed by atoms with Gasteiger partial charge in [0.1, 0.15) is 5.75 Å². The van der Waals surface area contributed by atoms with Gasteiger partial charge in [0.05, 0.1) is 6.61 Å². The lowest BCUT2D eigenvalue weighted by atomic mass is 9.77. The summed E-state index contributed by atoms with van der Waals surface area (Å²) in [5.41, 5.74) is 0.830. The van der Waals surface area contributed by atoms with Crippen LogP contribution >= 0.6 is 0 Å². The first-order valence-corrected chi connectivity index (χ1v) is 7.86. The molecule has 22 heavy (non-hydrogen) atoms. The number of phenolic OH excluding ortho intramolecular Hbond substituents is 1.